The van der Waals surface area contributed by atoms with E-state index in [9.17, 15) is 14.6 Å². The lowest BCUT2D eigenvalue weighted by Gasteiger charge is -2.09. The van der Waals surface area contributed by atoms with Crippen LogP contribution in [0.1, 0.15) is 11.1 Å². The second-order valence-corrected chi connectivity index (χ2v) is 4.78. The third kappa shape index (κ3) is 2.51. The van der Waals surface area contributed by atoms with Gasteiger partial charge in [-0.05, 0) is 36.4 Å². The van der Waals surface area contributed by atoms with Crippen molar-refractivity contribution in [2.45, 2.75) is 12.7 Å². The van der Waals surface area contributed by atoms with E-state index in [-0.39, 0.29) is 23.2 Å². The number of nitriles is 1. The molecule has 0 amide bonds. The maximum atomic E-state index is 13.8. The van der Waals surface area contributed by atoms with E-state index in [0.717, 1.165) is 21.9 Å². The molecule has 1 heterocycles. The molecule has 0 aliphatic rings. The van der Waals surface area contributed by atoms with Crippen LogP contribution in [0, 0.1) is 23.4 Å². The lowest BCUT2D eigenvalue weighted by atomic mass is 10.2. The molecule has 0 fully saturated rings. The van der Waals surface area contributed by atoms with Gasteiger partial charge in [0.05, 0.1) is 5.69 Å². The number of nitrogens with zero attached hydrogens (tertiary/aromatic N) is 2. The Hall–Kier alpha value is -2.13. The molecule has 0 saturated carbocycles. The minimum Gasteiger partial charge on any atom is -0.494 e. The van der Waals surface area contributed by atoms with E-state index in [0.29, 0.717) is 5.56 Å². The lowest BCUT2D eigenvalue weighted by molar-refractivity contribution is 0.398. The van der Waals surface area contributed by atoms with Gasteiger partial charge in [0.25, 0.3) is 0 Å². The van der Waals surface area contributed by atoms with Crippen LogP contribution in [0.5, 0.6) is 11.8 Å². The van der Waals surface area contributed by atoms with Gasteiger partial charge in [-0.1, -0.05) is 6.07 Å². The van der Waals surface area contributed by atoms with E-state index in [1.54, 1.807) is 13.0 Å². The van der Waals surface area contributed by atoms with Crippen LogP contribution in [-0.2, 0) is 5.75 Å². The molecule has 4 nitrogen and oxygen atoms in total. The Kier molecular flexibility index (Phi) is 3.67. The molecule has 0 aliphatic carbocycles. The molecule has 0 aliphatic heterocycles. The van der Waals surface area contributed by atoms with E-state index in [2.05, 4.69) is 0 Å². The molecule has 0 spiro atoms. The van der Waals surface area contributed by atoms with Gasteiger partial charge in [0.2, 0.25) is 5.88 Å². The molecule has 1 aromatic heterocycles. The minimum absolute atomic E-state index is 0.0724. The lowest BCUT2D eigenvalue weighted by Crippen LogP contribution is -1.97. The number of rotatable bonds is 3. The summed E-state index contributed by atoms with van der Waals surface area (Å²) in [5, 5.41) is 30.2. The average molecular weight is 278 g/mol. The predicted molar refractivity (Wildman–Crippen MR) is 70.7 cm³/mol. The summed E-state index contributed by atoms with van der Waals surface area (Å²) in [6.07, 6.45) is 0. The van der Waals surface area contributed by atoms with Crippen molar-refractivity contribution in [3.05, 3.63) is 41.2 Å². The second kappa shape index (κ2) is 5.24. The Morgan fingerprint density at radius 1 is 1.37 bits per heavy atom. The molecule has 0 radical (unpaired) electrons. The topological polar surface area (TPSA) is 69.2 Å². The van der Waals surface area contributed by atoms with E-state index in [4.69, 9.17) is 5.26 Å². The van der Waals surface area contributed by atoms with E-state index in [1.807, 2.05) is 5.40 Å². The van der Waals surface area contributed by atoms with Crippen molar-refractivity contribution in [1.82, 2.24) is 4.57 Å². The van der Waals surface area contributed by atoms with E-state index < -0.39 is 5.82 Å². The highest BCUT2D eigenvalue weighted by Crippen LogP contribution is 2.34. The summed E-state index contributed by atoms with van der Waals surface area (Å²) in [6.45, 7) is 1.78. The molecule has 1 aromatic carbocycles. The summed E-state index contributed by atoms with van der Waals surface area (Å²) in [5.41, 5.74) is 1.25. The second-order valence-electron chi connectivity index (χ2n) is 4.02. The number of aromatic hydroxyl groups is 2. The van der Waals surface area contributed by atoms with Crippen LogP contribution in [0.15, 0.2) is 24.3 Å². The number of benzene rings is 1. The third-order valence-electron chi connectivity index (χ3n) is 2.67. The summed E-state index contributed by atoms with van der Waals surface area (Å²) in [5.74, 6) is -0.859. The van der Waals surface area contributed by atoms with Gasteiger partial charge in [0.15, 0.2) is 5.88 Å². The molecule has 6 heteroatoms. The molecule has 2 N–H and O–H groups in total. The zero-order valence-electron chi connectivity index (χ0n) is 10.1. The van der Waals surface area contributed by atoms with Crippen LogP contribution >= 0.6 is 11.8 Å². The van der Waals surface area contributed by atoms with Crippen molar-refractivity contribution in [1.29, 1.82) is 5.26 Å². The highest BCUT2D eigenvalue weighted by Gasteiger charge is 2.18. The fourth-order valence-corrected chi connectivity index (χ4v) is 2.22. The van der Waals surface area contributed by atoms with Gasteiger partial charge < -0.3 is 10.2 Å². The third-order valence-corrected chi connectivity index (χ3v) is 3.25. The molecule has 19 heavy (non-hydrogen) atoms. The summed E-state index contributed by atoms with van der Waals surface area (Å²) in [4.78, 5) is 0. The van der Waals surface area contributed by atoms with Gasteiger partial charge in [0, 0.05) is 17.4 Å². The Morgan fingerprint density at radius 2 is 2.11 bits per heavy atom. The van der Waals surface area contributed by atoms with Crippen molar-refractivity contribution >= 4 is 11.8 Å². The summed E-state index contributed by atoms with van der Waals surface area (Å²) < 4.78 is 14.8. The molecule has 2 aromatic rings. The first-order chi connectivity index (χ1) is 9.04. The molecule has 0 saturated heterocycles. The Balaban J connectivity index is 2.54. The van der Waals surface area contributed by atoms with Crippen molar-refractivity contribution in [3.63, 3.8) is 0 Å². The van der Waals surface area contributed by atoms with E-state index in [1.165, 1.54) is 18.2 Å². The molecular formula is C13H11FN2O2S. The first-order valence-corrected chi connectivity index (χ1v) is 6.43. The van der Waals surface area contributed by atoms with Gasteiger partial charge in [0.1, 0.15) is 11.2 Å². The zero-order valence-corrected chi connectivity index (χ0v) is 10.9. The Bertz CT molecular complexity index is 661. The highest BCUT2D eigenvalue weighted by molar-refractivity contribution is 8.02. The van der Waals surface area contributed by atoms with Crippen LogP contribution in [0.25, 0.3) is 5.69 Å². The molecular weight excluding hydrogens is 267 g/mol. The number of thiocyanates is 1. The van der Waals surface area contributed by atoms with Crippen LogP contribution in [0.2, 0.25) is 0 Å². The van der Waals surface area contributed by atoms with Gasteiger partial charge in [-0.2, -0.15) is 5.26 Å². The Morgan fingerprint density at radius 3 is 2.79 bits per heavy atom. The molecule has 98 valence electrons. The number of aryl methyl sites for hydroxylation is 1. The summed E-state index contributed by atoms with van der Waals surface area (Å²) >= 11 is 0.927. The molecule has 0 atom stereocenters. The fourth-order valence-electron chi connectivity index (χ4n) is 1.78. The number of hydrogen-bond acceptors (Lipinski definition) is 4. The number of halogens is 1. The zero-order chi connectivity index (χ0) is 14.0. The first kappa shape index (κ1) is 13.3. The van der Waals surface area contributed by atoms with Crippen LogP contribution in [0.4, 0.5) is 4.39 Å². The number of aromatic nitrogens is 1. The van der Waals surface area contributed by atoms with Crippen molar-refractivity contribution < 1.29 is 14.6 Å². The standard InChI is InChI=1S/C13H11FN2O2S/c1-8-2-3-10(14)11(4-8)16-12(17)5-9(13(16)18)6-19-7-15/h2-5,17-18H,6H2,1H3. The average Bonchev–Trinajstić information content (AvgIpc) is 2.65. The molecule has 0 unspecified atom stereocenters. The number of hydrogen-bond donors (Lipinski definition) is 2. The highest BCUT2D eigenvalue weighted by atomic mass is 32.2. The maximum absolute atomic E-state index is 13.8. The number of thioether (sulfide) groups is 1. The summed E-state index contributed by atoms with van der Waals surface area (Å²) in [7, 11) is 0. The Labute approximate surface area is 113 Å². The largest absolute Gasteiger partial charge is 0.494 e. The van der Waals surface area contributed by atoms with Gasteiger partial charge in [-0.15, -0.1) is 0 Å². The predicted octanol–water partition coefficient (Wildman–Crippen LogP) is 3.05. The summed E-state index contributed by atoms with van der Waals surface area (Å²) in [6, 6.07) is 5.72. The van der Waals surface area contributed by atoms with Gasteiger partial charge in [-0.25, -0.2) is 8.96 Å². The van der Waals surface area contributed by atoms with Crippen molar-refractivity contribution in [2.75, 3.05) is 0 Å². The normalized spacial score (nSPS) is 10.4. The quantitative estimate of drug-likeness (QED) is 0.847. The first-order valence-electron chi connectivity index (χ1n) is 5.44. The van der Waals surface area contributed by atoms with Gasteiger partial charge >= 0.3 is 0 Å². The SMILES string of the molecule is Cc1ccc(F)c(-n2c(O)cc(CSC#N)c2O)c1. The maximum Gasteiger partial charge on any atom is 0.202 e. The van der Waals surface area contributed by atoms with Crippen LogP contribution in [-0.4, -0.2) is 14.8 Å². The fraction of sp³-hybridized carbons (Fsp3) is 0.154. The van der Waals surface area contributed by atoms with Crippen LogP contribution < -0.4 is 0 Å². The molecule has 2 rings (SSSR count). The smallest absolute Gasteiger partial charge is 0.202 e. The van der Waals surface area contributed by atoms with Crippen molar-refractivity contribution in [2.24, 2.45) is 0 Å². The van der Waals surface area contributed by atoms with Crippen molar-refractivity contribution in [3.8, 4) is 22.8 Å². The minimum atomic E-state index is -0.550. The van der Waals surface area contributed by atoms with Gasteiger partial charge in [-0.3, -0.25) is 0 Å². The van der Waals surface area contributed by atoms with Crippen LogP contribution in [0.3, 0.4) is 0 Å². The monoisotopic (exact) mass is 278 g/mol. The van der Waals surface area contributed by atoms with E-state index >= 15 is 0 Å². The molecule has 0 bridgehead atoms.